The van der Waals surface area contributed by atoms with E-state index in [1.807, 2.05) is 0 Å². The predicted molar refractivity (Wildman–Crippen MR) is 114 cm³/mol. The minimum Gasteiger partial charge on any atom is -0.143 e. The molecule has 0 amide bonds. The van der Waals surface area contributed by atoms with Gasteiger partial charge in [-0.25, -0.2) is 0 Å². The van der Waals surface area contributed by atoms with Crippen LogP contribution in [0.2, 0.25) is 0 Å². The topological polar surface area (TPSA) is 0 Å². The molecular formula is C23H24S2. The molecule has 0 saturated carbocycles. The van der Waals surface area contributed by atoms with Gasteiger partial charge in [0, 0.05) is 11.5 Å². The first-order valence-electron chi connectivity index (χ1n) is 8.75. The van der Waals surface area contributed by atoms with Crippen LogP contribution in [-0.2, 0) is 17.9 Å². The second kappa shape index (κ2) is 10.4. The van der Waals surface area contributed by atoms with Crippen LogP contribution >= 0.6 is 23.5 Å². The van der Waals surface area contributed by atoms with Gasteiger partial charge in [0.15, 0.2) is 0 Å². The van der Waals surface area contributed by atoms with Crippen molar-refractivity contribution in [3.63, 3.8) is 0 Å². The molecule has 3 aromatic rings. The molecule has 0 heterocycles. The van der Waals surface area contributed by atoms with Crippen LogP contribution in [0.15, 0.2) is 91.0 Å². The minimum atomic E-state index is 0.612. The SMILES string of the molecule is c1ccc(CCC(SCc2ccccc2)SCc2ccccc2)cc1. The summed E-state index contributed by atoms with van der Waals surface area (Å²) in [5, 5.41) is 0. The summed E-state index contributed by atoms with van der Waals surface area (Å²) >= 11 is 4.15. The normalized spacial score (nSPS) is 10.9. The highest BCUT2D eigenvalue weighted by Gasteiger charge is 2.11. The Balaban J connectivity index is 1.56. The zero-order chi connectivity index (χ0) is 17.2. The summed E-state index contributed by atoms with van der Waals surface area (Å²) in [5.41, 5.74) is 4.27. The van der Waals surface area contributed by atoms with Gasteiger partial charge >= 0.3 is 0 Å². The maximum atomic E-state index is 2.24. The quantitative estimate of drug-likeness (QED) is 0.382. The van der Waals surface area contributed by atoms with Crippen LogP contribution < -0.4 is 0 Å². The van der Waals surface area contributed by atoms with Crippen LogP contribution in [0.5, 0.6) is 0 Å². The van der Waals surface area contributed by atoms with E-state index < -0.39 is 0 Å². The van der Waals surface area contributed by atoms with Crippen molar-refractivity contribution in [2.45, 2.75) is 28.9 Å². The lowest BCUT2D eigenvalue weighted by Crippen LogP contribution is -2.02. The van der Waals surface area contributed by atoms with E-state index >= 15 is 0 Å². The predicted octanol–water partition coefficient (Wildman–Crippen LogP) is 6.81. The van der Waals surface area contributed by atoms with Crippen LogP contribution in [-0.4, -0.2) is 4.58 Å². The van der Waals surface area contributed by atoms with Gasteiger partial charge in [0.1, 0.15) is 0 Å². The molecule has 0 N–H and O–H groups in total. The van der Waals surface area contributed by atoms with E-state index in [1.54, 1.807) is 0 Å². The van der Waals surface area contributed by atoms with Gasteiger partial charge in [-0.1, -0.05) is 91.0 Å². The lowest BCUT2D eigenvalue weighted by Gasteiger charge is -2.17. The van der Waals surface area contributed by atoms with Crippen LogP contribution in [0.25, 0.3) is 0 Å². The fourth-order valence-corrected chi connectivity index (χ4v) is 5.17. The second-order valence-electron chi connectivity index (χ2n) is 6.05. The summed E-state index contributed by atoms with van der Waals surface area (Å²) in [4.78, 5) is 0. The Morgan fingerprint density at radius 1 is 0.520 bits per heavy atom. The van der Waals surface area contributed by atoms with Gasteiger partial charge in [-0.15, -0.1) is 23.5 Å². The van der Waals surface area contributed by atoms with E-state index in [4.69, 9.17) is 0 Å². The van der Waals surface area contributed by atoms with Crippen molar-refractivity contribution in [3.8, 4) is 0 Å². The third-order valence-corrected chi connectivity index (χ3v) is 7.10. The van der Waals surface area contributed by atoms with Gasteiger partial charge in [0.05, 0.1) is 4.58 Å². The summed E-state index contributed by atoms with van der Waals surface area (Å²) < 4.78 is 0.612. The van der Waals surface area contributed by atoms with E-state index in [9.17, 15) is 0 Å². The first-order chi connectivity index (χ1) is 12.4. The average Bonchev–Trinajstić information content (AvgIpc) is 2.70. The molecule has 0 aliphatic heterocycles. The fourth-order valence-electron chi connectivity index (χ4n) is 2.67. The van der Waals surface area contributed by atoms with Crippen molar-refractivity contribution in [3.05, 3.63) is 108 Å². The Morgan fingerprint density at radius 2 is 0.920 bits per heavy atom. The van der Waals surface area contributed by atoms with Gasteiger partial charge in [-0.2, -0.15) is 0 Å². The van der Waals surface area contributed by atoms with Crippen LogP contribution in [0.4, 0.5) is 0 Å². The number of thioether (sulfide) groups is 2. The Bertz CT molecular complexity index is 607. The number of benzene rings is 3. The maximum absolute atomic E-state index is 2.24. The minimum absolute atomic E-state index is 0.612. The van der Waals surface area contributed by atoms with Gasteiger partial charge in [-0.05, 0) is 29.5 Å². The first kappa shape index (κ1) is 18.2. The zero-order valence-electron chi connectivity index (χ0n) is 14.4. The second-order valence-corrected chi connectivity index (χ2v) is 8.73. The Morgan fingerprint density at radius 3 is 1.36 bits per heavy atom. The third kappa shape index (κ3) is 6.64. The molecule has 3 aromatic carbocycles. The molecule has 0 saturated heterocycles. The van der Waals surface area contributed by atoms with Crippen molar-refractivity contribution in [2.75, 3.05) is 0 Å². The van der Waals surface area contributed by atoms with Crippen molar-refractivity contribution in [1.82, 2.24) is 0 Å². The van der Waals surface area contributed by atoms with Crippen LogP contribution in [0.3, 0.4) is 0 Å². The summed E-state index contributed by atoms with van der Waals surface area (Å²) in [5.74, 6) is 2.17. The van der Waals surface area contributed by atoms with E-state index in [2.05, 4.69) is 115 Å². The number of aryl methyl sites for hydroxylation is 1. The van der Waals surface area contributed by atoms with Gasteiger partial charge in [-0.3, -0.25) is 0 Å². The zero-order valence-corrected chi connectivity index (χ0v) is 16.0. The van der Waals surface area contributed by atoms with Crippen molar-refractivity contribution >= 4 is 23.5 Å². The van der Waals surface area contributed by atoms with Gasteiger partial charge in [0.25, 0.3) is 0 Å². The smallest absolute Gasteiger partial charge is 0.0512 e. The number of hydrogen-bond acceptors (Lipinski definition) is 2. The molecular weight excluding hydrogens is 340 g/mol. The third-order valence-electron chi connectivity index (χ3n) is 4.07. The first-order valence-corrected chi connectivity index (χ1v) is 10.8. The molecule has 0 fully saturated rings. The molecule has 0 aliphatic carbocycles. The highest BCUT2D eigenvalue weighted by atomic mass is 32.2. The maximum Gasteiger partial charge on any atom is 0.0512 e. The lowest BCUT2D eigenvalue weighted by atomic mass is 10.1. The van der Waals surface area contributed by atoms with Crippen LogP contribution in [0, 0.1) is 0 Å². The van der Waals surface area contributed by atoms with E-state index in [1.165, 1.54) is 23.1 Å². The average molecular weight is 365 g/mol. The Labute approximate surface area is 160 Å². The molecule has 3 rings (SSSR count). The molecule has 0 unspecified atom stereocenters. The number of hydrogen-bond donors (Lipinski definition) is 0. The summed E-state index contributed by atoms with van der Waals surface area (Å²) in [6.07, 6.45) is 2.36. The van der Waals surface area contributed by atoms with Crippen LogP contribution in [0.1, 0.15) is 23.1 Å². The van der Waals surface area contributed by atoms with Gasteiger partial charge < -0.3 is 0 Å². The highest BCUT2D eigenvalue weighted by Crippen LogP contribution is 2.33. The largest absolute Gasteiger partial charge is 0.143 e. The molecule has 0 aliphatic rings. The molecule has 2 heteroatoms. The monoisotopic (exact) mass is 364 g/mol. The molecule has 25 heavy (non-hydrogen) atoms. The van der Waals surface area contributed by atoms with Crippen molar-refractivity contribution in [2.24, 2.45) is 0 Å². The summed E-state index contributed by atoms with van der Waals surface area (Å²) in [6.45, 7) is 0. The molecule has 0 spiro atoms. The summed E-state index contributed by atoms with van der Waals surface area (Å²) in [6, 6.07) is 32.4. The molecule has 0 atom stereocenters. The van der Waals surface area contributed by atoms with Crippen molar-refractivity contribution in [1.29, 1.82) is 0 Å². The Kier molecular flexibility index (Phi) is 7.54. The van der Waals surface area contributed by atoms with Gasteiger partial charge in [0.2, 0.25) is 0 Å². The van der Waals surface area contributed by atoms with E-state index in [0.717, 1.165) is 17.9 Å². The standard InChI is InChI=1S/C23H24S2/c1-4-10-20(11-5-1)16-17-23(24-18-21-12-6-2-7-13-21)25-19-22-14-8-3-9-15-22/h1-15,23H,16-19H2. The Hall–Kier alpha value is -1.64. The molecule has 0 bridgehead atoms. The van der Waals surface area contributed by atoms with E-state index in [-0.39, 0.29) is 0 Å². The molecule has 0 nitrogen and oxygen atoms in total. The number of rotatable bonds is 9. The van der Waals surface area contributed by atoms with E-state index in [0.29, 0.717) is 4.58 Å². The fraction of sp³-hybridized carbons (Fsp3) is 0.217. The van der Waals surface area contributed by atoms with Crippen molar-refractivity contribution < 1.29 is 0 Å². The molecule has 0 radical (unpaired) electrons. The summed E-state index contributed by atoms with van der Waals surface area (Å²) in [7, 11) is 0. The molecule has 0 aromatic heterocycles. The molecule has 128 valence electrons. The lowest BCUT2D eigenvalue weighted by molar-refractivity contribution is 0.903. The highest BCUT2D eigenvalue weighted by molar-refractivity contribution is 8.16.